The van der Waals surface area contributed by atoms with E-state index in [2.05, 4.69) is 4.90 Å². The SMILES string of the molecule is CN(CCOCC1CC1)CCC(=O)c1ccc(Cl)cc1. The van der Waals surface area contributed by atoms with Crippen LogP contribution < -0.4 is 0 Å². The van der Waals surface area contributed by atoms with Crippen LogP contribution in [0.1, 0.15) is 29.6 Å². The van der Waals surface area contributed by atoms with Crippen molar-refractivity contribution < 1.29 is 9.53 Å². The van der Waals surface area contributed by atoms with E-state index in [0.29, 0.717) is 11.4 Å². The number of halogens is 1. The molecule has 20 heavy (non-hydrogen) atoms. The summed E-state index contributed by atoms with van der Waals surface area (Å²) in [6.45, 7) is 3.29. The van der Waals surface area contributed by atoms with E-state index in [1.54, 1.807) is 24.3 Å². The van der Waals surface area contributed by atoms with Gasteiger partial charge < -0.3 is 9.64 Å². The van der Waals surface area contributed by atoms with Crippen LogP contribution in [0.4, 0.5) is 0 Å². The molecule has 1 aromatic carbocycles. The minimum absolute atomic E-state index is 0.160. The van der Waals surface area contributed by atoms with Crippen molar-refractivity contribution in [1.82, 2.24) is 4.90 Å². The maximum absolute atomic E-state index is 12.0. The minimum Gasteiger partial charge on any atom is -0.380 e. The summed E-state index contributed by atoms with van der Waals surface area (Å²) in [6, 6.07) is 7.07. The number of carbonyl (C=O) groups excluding carboxylic acids is 1. The second kappa shape index (κ2) is 7.77. The Morgan fingerprint density at radius 2 is 2.00 bits per heavy atom. The van der Waals surface area contributed by atoms with Crippen LogP contribution in [-0.2, 0) is 4.74 Å². The number of benzene rings is 1. The molecule has 1 fully saturated rings. The lowest BCUT2D eigenvalue weighted by Crippen LogP contribution is -2.26. The molecule has 1 aliphatic rings. The fourth-order valence-corrected chi connectivity index (χ4v) is 2.07. The Kier molecular flexibility index (Phi) is 6.02. The highest BCUT2D eigenvalue weighted by Crippen LogP contribution is 2.28. The van der Waals surface area contributed by atoms with Gasteiger partial charge in [-0.2, -0.15) is 0 Å². The van der Waals surface area contributed by atoms with E-state index < -0.39 is 0 Å². The van der Waals surface area contributed by atoms with E-state index in [4.69, 9.17) is 16.3 Å². The first-order valence-electron chi connectivity index (χ1n) is 7.20. The second-order valence-corrected chi connectivity index (χ2v) is 5.94. The standard InChI is InChI=1S/C16H22ClNO2/c1-18(10-11-20-12-13-2-3-13)9-8-16(19)14-4-6-15(17)7-5-14/h4-7,13H,2-3,8-12H2,1H3. The molecule has 0 N–H and O–H groups in total. The summed E-state index contributed by atoms with van der Waals surface area (Å²) in [5.74, 6) is 0.971. The van der Waals surface area contributed by atoms with Gasteiger partial charge in [0.15, 0.2) is 5.78 Å². The molecular weight excluding hydrogens is 274 g/mol. The summed E-state index contributed by atoms with van der Waals surface area (Å²) < 4.78 is 5.59. The molecule has 0 unspecified atom stereocenters. The number of hydrogen-bond acceptors (Lipinski definition) is 3. The van der Waals surface area contributed by atoms with E-state index in [1.807, 2.05) is 7.05 Å². The molecule has 0 saturated heterocycles. The predicted molar refractivity (Wildman–Crippen MR) is 81.4 cm³/mol. The Bertz CT molecular complexity index is 429. The first-order valence-corrected chi connectivity index (χ1v) is 7.58. The number of hydrogen-bond donors (Lipinski definition) is 0. The number of nitrogens with zero attached hydrogens (tertiary/aromatic N) is 1. The van der Waals surface area contributed by atoms with E-state index in [-0.39, 0.29) is 5.78 Å². The zero-order valence-electron chi connectivity index (χ0n) is 12.0. The molecule has 110 valence electrons. The van der Waals surface area contributed by atoms with Gasteiger partial charge >= 0.3 is 0 Å². The van der Waals surface area contributed by atoms with Crippen LogP contribution in [-0.4, -0.2) is 44.0 Å². The molecule has 0 amide bonds. The van der Waals surface area contributed by atoms with E-state index >= 15 is 0 Å². The van der Waals surface area contributed by atoms with Gasteiger partial charge in [0.05, 0.1) is 6.61 Å². The molecule has 2 rings (SSSR count). The van der Waals surface area contributed by atoms with E-state index in [1.165, 1.54) is 12.8 Å². The summed E-state index contributed by atoms with van der Waals surface area (Å²) in [4.78, 5) is 14.1. The number of rotatable bonds is 9. The van der Waals surface area contributed by atoms with E-state index in [0.717, 1.165) is 37.8 Å². The fraction of sp³-hybridized carbons (Fsp3) is 0.562. The largest absolute Gasteiger partial charge is 0.380 e. The lowest BCUT2D eigenvalue weighted by atomic mass is 10.1. The minimum atomic E-state index is 0.160. The number of Topliss-reactive ketones (excluding diaryl/α,β-unsaturated/α-hetero) is 1. The molecule has 0 bridgehead atoms. The van der Waals surface area contributed by atoms with Crippen molar-refractivity contribution in [2.75, 3.05) is 33.4 Å². The van der Waals surface area contributed by atoms with Crippen LogP contribution in [0.5, 0.6) is 0 Å². The molecular formula is C16H22ClNO2. The molecule has 0 radical (unpaired) electrons. The van der Waals surface area contributed by atoms with Gasteiger partial charge in [-0.05, 0) is 50.1 Å². The Hall–Kier alpha value is -0.900. The first-order chi connectivity index (χ1) is 9.65. The number of likely N-dealkylation sites (N-methyl/N-ethyl adjacent to an activating group) is 1. The summed E-state index contributed by atoms with van der Waals surface area (Å²) in [5, 5.41) is 0.659. The normalized spacial score (nSPS) is 14.8. The number of ether oxygens (including phenoxy) is 1. The maximum atomic E-state index is 12.0. The van der Waals surface area contributed by atoms with Gasteiger partial charge in [-0.1, -0.05) is 11.6 Å². The Labute approximate surface area is 125 Å². The van der Waals surface area contributed by atoms with Gasteiger partial charge in [0, 0.05) is 36.7 Å². The average Bonchev–Trinajstić information content (AvgIpc) is 3.26. The van der Waals surface area contributed by atoms with Crippen molar-refractivity contribution in [2.24, 2.45) is 5.92 Å². The van der Waals surface area contributed by atoms with Crippen molar-refractivity contribution >= 4 is 17.4 Å². The fourth-order valence-electron chi connectivity index (χ4n) is 1.94. The molecule has 4 heteroatoms. The van der Waals surface area contributed by atoms with Crippen LogP contribution in [0.25, 0.3) is 0 Å². The molecule has 3 nitrogen and oxygen atoms in total. The Balaban J connectivity index is 1.60. The quantitative estimate of drug-likeness (QED) is 0.517. The number of ketones is 1. The average molecular weight is 296 g/mol. The maximum Gasteiger partial charge on any atom is 0.164 e. The highest BCUT2D eigenvalue weighted by Gasteiger charge is 2.20. The van der Waals surface area contributed by atoms with Crippen LogP contribution in [0, 0.1) is 5.92 Å². The first kappa shape index (κ1) is 15.5. The van der Waals surface area contributed by atoms with Crippen molar-refractivity contribution in [3.8, 4) is 0 Å². The molecule has 0 aliphatic heterocycles. The van der Waals surface area contributed by atoms with Gasteiger partial charge in [-0.15, -0.1) is 0 Å². The lowest BCUT2D eigenvalue weighted by Gasteiger charge is -2.16. The number of carbonyl (C=O) groups is 1. The van der Waals surface area contributed by atoms with Crippen LogP contribution in [0.15, 0.2) is 24.3 Å². The molecule has 1 aromatic rings. The molecule has 0 aromatic heterocycles. The Morgan fingerprint density at radius 3 is 2.65 bits per heavy atom. The van der Waals surface area contributed by atoms with Crippen molar-refractivity contribution in [1.29, 1.82) is 0 Å². The van der Waals surface area contributed by atoms with Gasteiger partial charge in [-0.3, -0.25) is 4.79 Å². The van der Waals surface area contributed by atoms with Gasteiger partial charge in [-0.25, -0.2) is 0 Å². The lowest BCUT2D eigenvalue weighted by molar-refractivity contribution is 0.0918. The zero-order valence-corrected chi connectivity index (χ0v) is 12.7. The van der Waals surface area contributed by atoms with Crippen molar-refractivity contribution in [2.45, 2.75) is 19.3 Å². The van der Waals surface area contributed by atoms with Crippen molar-refractivity contribution in [3.05, 3.63) is 34.9 Å². The molecule has 0 atom stereocenters. The predicted octanol–water partition coefficient (Wildman–Crippen LogP) is 3.27. The summed E-state index contributed by atoms with van der Waals surface area (Å²) in [6.07, 6.45) is 3.18. The van der Waals surface area contributed by atoms with Gasteiger partial charge in [0.25, 0.3) is 0 Å². The van der Waals surface area contributed by atoms with Crippen molar-refractivity contribution in [3.63, 3.8) is 0 Å². The molecule has 0 heterocycles. The van der Waals surface area contributed by atoms with Crippen LogP contribution >= 0.6 is 11.6 Å². The summed E-state index contributed by atoms with van der Waals surface area (Å²) in [7, 11) is 2.02. The summed E-state index contributed by atoms with van der Waals surface area (Å²) >= 11 is 5.81. The van der Waals surface area contributed by atoms with Gasteiger partial charge in [0.2, 0.25) is 0 Å². The highest BCUT2D eigenvalue weighted by molar-refractivity contribution is 6.30. The smallest absolute Gasteiger partial charge is 0.164 e. The topological polar surface area (TPSA) is 29.5 Å². The van der Waals surface area contributed by atoms with Gasteiger partial charge in [0.1, 0.15) is 0 Å². The second-order valence-electron chi connectivity index (χ2n) is 5.50. The third kappa shape index (κ3) is 5.61. The molecule has 1 saturated carbocycles. The monoisotopic (exact) mass is 295 g/mol. The van der Waals surface area contributed by atoms with E-state index in [9.17, 15) is 4.79 Å². The molecule has 1 aliphatic carbocycles. The zero-order chi connectivity index (χ0) is 14.4. The highest BCUT2D eigenvalue weighted by atomic mass is 35.5. The third-order valence-corrected chi connectivity index (χ3v) is 3.81. The third-order valence-electron chi connectivity index (χ3n) is 3.55. The van der Waals surface area contributed by atoms with Crippen LogP contribution in [0.3, 0.4) is 0 Å². The molecule has 0 spiro atoms. The van der Waals surface area contributed by atoms with Crippen LogP contribution in [0.2, 0.25) is 5.02 Å². The Morgan fingerprint density at radius 1 is 1.30 bits per heavy atom. The summed E-state index contributed by atoms with van der Waals surface area (Å²) in [5.41, 5.74) is 0.729.